The van der Waals surface area contributed by atoms with Gasteiger partial charge in [0.15, 0.2) is 11.5 Å². The molecule has 2 aromatic rings. The lowest BCUT2D eigenvalue weighted by molar-refractivity contribution is -0.141. The predicted octanol–water partition coefficient (Wildman–Crippen LogP) is 3.76. The van der Waals surface area contributed by atoms with Gasteiger partial charge in [0.2, 0.25) is 0 Å². The van der Waals surface area contributed by atoms with Gasteiger partial charge in [-0.25, -0.2) is 0 Å². The van der Waals surface area contributed by atoms with Crippen LogP contribution < -0.4 is 14.8 Å². The summed E-state index contributed by atoms with van der Waals surface area (Å²) in [4.78, 5) is 24.3. The number of amides is 1. The Balaban J connectivity index is 2.29. The van der Waals surface area contributed by atoms with Crippen LogP contribution in [-0.2, 0) is 15.7 Å². The van der Waals surface area contributed by atoms with Gasteiger partial charge < -0.3 is 19.5 Å². The van der Waals surface area contributed by atoms with Gasteiger partial charge in [0, 0.05) is 5.56 Å². The Kier molecular flexibility index (Phi) is 7.08. The van der Waals surface area contributed by atoms with Gasteiger partial charge in [0.1, 0.15) is 0 Å². The number of halogens is 3. The van der Waals surface area contributed by atoms with Crippen LogP contribution in [0.5, 0.6) is 11.5 Å². The Morgan fingerprint density at radius 2 is 1.59 bits per heavy atom. The van der Waals surface area contributed by atoms with Gasteiger partial charge in [-0.05, 0) is 42.0 Å². The summed E-state index contributed by atoms with van der Waals surface area (Å²) in [7, 11) is 4.12. The molecule has 0 aliphatic rings. The summed E-state index contributed by atoms with van der Waals surface area (Å²) in [6.45, 7) is 0. The van der Waals surface area contributed by atoms with Crippen molar-refractivity contribution >= 4 is 11.9 Å². The number of carbonyl (C=O) groups excluding carboxylic acids is 2. The highest BCUT2D eigenvalue weighted by atomic mass is 19.4. The SMILES string of the molecule is COC(=O)CC(NC(=O)c1ccc(C(F)(F)F)cc1)c1ccc(OC)c(OC)c1. The Hall–Kier alpha value is -3.23. The number of ether oxygens (including phenoxy) is 3. The van der Waals surface area contributed by atoms with E-state index in [1.165, 1.54) is 21.3 Å². The van der Waals surface area contributed by atoms with E-state index in [0.717, 1.165) is 24.3 Å². The molecule has 29 heavy (non-hydrogen) atoms. The van der Waals surface area contributed by atoms with Crippen molar-refractivity contribution in [1.29, 1.82) is 0 Å². The van der Waals surface area contributed by atoms with Crippen molar-refractivity contribution in [2.24, 2.45) is 0 Å². The predicted molar refractivity (Wildman–Crippen MR) is 97.8 cm³/mol. The molecule has 1 unspecified atom stereocenters. The fraction of sp³-hybridized carbons (Fsp3) is 0.300. The second-order valence-corrected chi connectivity index (χ2v) is 6.00. The zero-order chi connectivity index (χ0) is 21.6. The first-order chi connectivity index (χ1) is 13.7. The maximum atomic E-state index is 12.7. The largest absolute Gasteiger partial charge is 0.493 e. The molecule has 2 aromatic carbocycles. The van der Waals surface area contributed by atoms with Gasteiger partial charge in [-0.2, -0.15) is 13.2 Å². The molecule has 0 saturated heterocycles. The lowest BCUT2D eigenvalue weighted by atomic mass is 10.0. The van der Waals surface area contributed by atoms with E-state index in [0.29, 0.717) is 17.1 Å². The average Bonchev–Trinajstić information content (AvgIpc) is 2.71. The van der Waals surface area contributed by atoms with E-state index < -0.39 is 29.7 Å². The van der Waals surface area contributed by atoms with Crippen molar-refractivity contribution in [2.75, 3.05) is 21.3 Å². The molecule has 0 fully saturated rings. The van der Waals surface area contributed by atoms with Crippen molar-refractivity contribution in [2.45, 2.75) is 18.6 Å². The molecule has 1 N–H and O–H groups in total. The summed E-state index contributed by atoms with van der Waals surface area (Å²) >= 11 is 0. The number of alkyl halides is 3. The third kappa shape index (κ3) is 5.63. The summed E-state index contributed by atoms with van der Waals surface area (Å²) in [5, 5.41) is 2.64. The van der Waals surface area contributed by atoms with E-state index in [1.807, 2.05) is 0 Å². The Morgan fingerprint density at radius 3 is 2.10 bits per heavy atom. The first-order valence-corrected chi connectivity index (χ1v) is 8.46. The maximum absolute atomic E-state index is 12.7. The van der Waals surface area contributed by atoms with Gasteiger partial charge in [0.05, 0.1) is 39.4 Å². The Bertz CT molecular complexity index is 865. The smallest absolute Gasteiger partial charge is 0.416 e. The molecule has 2 rings (SSSR count). The van der Waals surface area contributed by atoms with Gasteiger partial charge in [-0.3, -0.25) is 9.59 Å². The quantitative estimate of drug-likeness (QED) is 0.703. The summed E-state index contributed by atoms with van der Waals surface area (Å²) in [6, 6.07) is 7.84. The average molecular weight is 411 g/mol. The van der Waals surface area contributed by atoms with E-state index in [9.17, 15) is 22.8 Å². The summed E-state index contributed by atoms with van der Waals surface area (Å²) < 4.78 is 53.2. The van der Waals surface area contributed by atoms with Crippen LogP contribution in [0.2, 0.25) is 0 Å². The highest BCUT2D eigenvalue weighted by molar-refractivity contribution is 5.94. The van der Waals surface area contributed by atoms with Gasteiger partial charge in [-0.15, -0.1) is 0 Å². The molecule has 1 amide bonds. The molecular weight excluding hydrogens is 391 g/mol. The first-order valence-electron chi connectivity index (χ1n) is 8.46. The zero-order valence-corrected chi connectivity index (χ0v) is 16.0. The summed E-state index contributed by atoms with van der Waals surface area (Å²) in [6.07, 6.45) is -4.68. The van der Waals surface area contributed by atoms with Crippen LogP contribution in [0, 0.1) is 0 Å². The normalized spacial score (nSPS) is 12.1. The van der Waals surface area contributed by atoms with Crippen LogP contribution in [0.25, 0.3) is 0 Å². The van der Waals surface area contributed by atoms with Crippen molar-refractivity contribution in [3.63, 3.8) is 0 Å². The Labute approximate surface area is 165 Å². The van der Waals surface area contributed by atoms with Gasteiger partial charge >= 0.3 is 12.1 Å². The number of nitrogens with one attached hydrogen (secondary N) is 1. The topological polar surface area (TPSA) is 73.9 Å². The highest BCUT2D eigenvalue weighted by Crippen LogP contribution is 2.32. The monoisotopic (exact) mass is 411 g/mol. The molecule has 0 aromatic heterocycles. The van der Waals surface area contributed by atoms with E-state index in [2.05, 4.69) is 10.1 Å². The summed E-state index contributed by atoms with van der Waals surface area (Å²) in [5.41, 5.74) is -0.304. The van der Waals surface area contributed by atoms with Crippen LogP contribution in [0.1, 0.15) is 33.9 Å². The molecule has 0 aliphatic carbocycles. The lowest BCUT2D eigenvalue weighted by Crippen LogP contribution is -2.30. The van der Waals surface area contributed by atoms with Crippen molar-refractivity contribution in [1.82, 2.24) is 5.32 Å². The number of hydrogen-bond donors (Lipinski definition) is 1. The molecule has 6 nitrogen and oxygen atoms in total. The number of benzene rings is 2. The van der Waals surface area contributed by atoms with E-state index in [-0.39, 0.29) is 12.0 Å². The fourth-order valence-electron chi connectivity index (χ4n) is 2.62. The van der Waals surface area contributed by atoms with Crippen LogP contribution in [0.3, 0.4) is 0 Å². The number of hydrogen-bond acceptors (Lipinski definition) is 5. The Morgan fingerprint density at radius 1 is 0.966 bits per heavy atom. The molecule has 0 heterocycles. The molecule has 0 saturated carbocycles. The standard InChI is InChI=1S/C20H20F3NO5/c1-27-16-9-6-13(10-17(16)28-2)15(11-18(25)29-3)24-19(26)12-4-7-14(8-5-12)20(21,22)23/h4-10,15H,11H2,1-3H3,(H,24,26). The maximum Gasteiger partial charge on any atom is 0.416 e. The van der Waals surface area contributed by atoms with Crippen LogP contribution in [-0.4, -0.2) is 33.2 Å². The van der Waals surface area contributed by atoms with Crippen molar-refractivity contribution in [3.8, 4) is 11.5 Å². The van der Waals surface area contributed by atoms with Gasteiger partial charge in [0.25, 0.3) is 5.91 Å². The van der Waals surface area contributed by atoms with Crippen LogP contribution in [0.4, 0.5) is 13.2 Å². The molecule has 156 valence electrons. The van der Waals surface area contributed by atoms with Crippen molar-refractivity contribution < 1.29 is 37.0 Å². The molecule has 0 aliphatic heterocycles. The zero-order valence-electron chi connectivity index (χ0n) is 16.0. The van der Waals surface area contributed by atoms with Crippen LogP contribution >= 0.6 is 0 Å². The van der Waals surface area contributed by atoms with E-state index >= 15 is 0 Å². The minimum Gasteiger partial charge on any atom is -0.493 e. The molecule has 1 atom stereocenters. The molecule has 9 heteroatoms. The lowest BCUT2D eigenvalue weighted by Gasteiger charge is -2.20. The number of carbonyl (C=O) groups is 2. The molecular formula is C20H20F3NO5. The van der Waals surface area contributed by atoms with Gasteiger partial charge in [-0.1, -0.05) is 6.07 Å². The molecule has 0 bridgehead atoms. The van der Waals surface area contributed by atoms with E-state index in [1.54, 1.807) is 18.2 Å². The second kappa shape index (κ2) is 9.31. The molecule has 0 spiro atoms. The van der Waals surface area contributed by atoms with Crippen LogP contribution in [0.15, 0.2) is 42.5 Å². The second-order valence-electron chi connectivity index (χ2n) is 6.00. The number of esters is 1. The third-order valence-electron chi connectivity index (χ3n) is 4.19. The fourth-order valence-corrected chi connectivity index (χ4v) is 2.62. The number of methoxy groups -OCH3 is 3. The minimum atomic E-state index is -4.50. The number of rotatable bonds is 7. The van der Waals surface area contributed by atoms with E-state index in [4.69, 9.17) is 9.47 Å². The first kappa shape index (κ1) is 22.1. The molecule has 0 radical (unpaired) electrons. The highest BCUT2D eigenvalue weighted by Gasteiger charge is 2.30. The summed E-state index contributed by atoms with van der Waals surface area (Å²) in [5.74, 6) is -0.356. The third-order valence-corrected chi connectivity index (χ3v) is 4.19. The van der Waals surface area contributed by atoms with Crippen molar-refractivity contribution in [3.05, 3.63) is 59.2 Å². The minimum absolute atomic E-state index is 0.0216.